The van der Waals surface area contributed by atoms with Gasteiger partial charge < -0.3 is 10.1 Å². The van der Waals surface area contributed by atoms with Gasteiger partial charge >= 0.3 is 0 Å². The van der Waals surface area contributed by atoms with Crippen molar-refractivity contribution in [3.8, 4) is 5.75 Å². The van der Waals surface area contributed by atoms with Crippen molar-refractivity contribution in [1.29, 1.82) is 0 Å². The molecular formula is C21H19ClFNO. The third kappa shape index (κ3) is 4.97. The molecule has 0 amide bonds. The van der Waals surface area contributed by atoms with Crippen LogP contribution in [-0.4, -0.2) is 0 Å². The number of hydrogen-bond donors (Lipinski definition) is 1. The molecule has 0 bridgehead atoms. The molecule has 1 N–H and O–H groups in total. The van der Waals surface area contributed by atoms with E-state index in [1.54, 1.807) is 12.1 Å². The summed E-state index contributed by atoms with van der Waals surface area (Å²) in [6, 6.07) is 20.1. The Balaban J connectivity index is 1.70. The van der Waals surface area contributed by atoms with Crippen LogP contribution in [0.3, 0.4) is 0 Å². The summed E-state index contributed by atoms with van der Waals surface area (Å²) < 4.78 is 19.2. The van der Waals surface area contributed by atoms with Gasteiger partial charge in [0.1, 0.15) is 18.2 Å². The van der Waals surface area contributed by atoms with E-state index in [4.69, 9.17) is 16.3 Å². The molecule has 0 atom stereocenters. The highest BCUT2D eigenvalue weighted by molar-refractivity contribution is 6.30. The predicted octanol–water partition coefficient (Wildman–Crippen LogP) is 5.98. The molecule has 2 nitrogen and oxygen atoms in total. The summed E-state index contributed by atoms with van der Waals surface area (Å²) in [5.41, 5.74) is 3.98. The first-order chi connectivity index (χ1) is 12.1. The van der Waals surface area contributed by atoms with Crippen molar-refractivity contribution in [2.75, 3.05) is 5.32 Å². The topological polar surface area (TPSA) is 21.3 Å². The van der Waals surface area contributed by atoms with Gasteiger partial charge in [0.2, 0.25) is 0 Å². The van der Waals surface area contributed by atoms with Gasteiger partial charge in [-0.15, -0.1) is 0 Å². The van der Waals surface area contributed by atoms with Crippen molar-refractivity contribution in [3.63, 3.8) is 0 Å². The molecule has 25 heavy (non-hydrogen) atoms. The van der Waals surface area contributed by atoms with Crippen LogP contribution in [-0.2, 0) is 13.2 Å². The highest BCUT2D eigenvalue weighted by Crippen LogP contribution is 2.25. The van der Waals surface area contributed by atoms with Crippen molar-refractivity contribution in [2.24, 2.45) is 0 Å². The highest BCUT2D eigenvalue weighted by Gasteiger charge is 2.06. The minimum atomic E-state index is -0.265. The van der Waals surface area contributed by atoms with Crippen LogP contribution in [0.15, 0.2) is 66.7 Å². The van der Waals surface area contributed by atoms with Crippen LogP contribution in [0.4, 0.5) is 10.1 Å². The molecule has 3 aromatic rings. The van der Waals surface area contributed by atoms with E-state index >= 15 is 0 Å². The van der Waals surface area contributed by atoms with Crippen molar-refractivity contribution in [3.05, 3.63) is 94.3 Å². The van der Waals surface area contributed by atoms with Crippen LogP contribution in [0, 0.1) is 12.7 Å². The van der Waals surface area contributed by atoms with E-state index in [2.05, 4.69) is 24.4 Å². The smallest absolute Gasteiger partial charge is 0.124 e. The second-order valence-corrected chi connectivity index (χ2v) is 6.33. The van der Waals surface area contributed by atoms with Crippen molar-refractivity contribution in [2.45, 2.75) is 20.1 Å². The number of ether oxygens (including phenoxy) is 1. The number of halogens is 2. The lowest BCUT2D eigenvalue weighted by molar-refractivity contribution is 0.302. The molecule has 0 saturated heterocycles. The largest absolute Gasteiger partial charge is 0.489 e. The van der Waals surface area contributed by atoms with E-state index in [-0.39, 0.29) is 5.82 Å². The van der Waals surface area contributed by atoms with E-state index in [9.17, 15) is 4.39 Å². The zero-order chi connectivity index (χ0) is 17.6. The van der Waals surface area contributed by atoms with Gasteiger partial charge in [-0.1, -0.05) is 41.4 Å². The van der Waals surface area contributed by atoms with E-state index in [1.807, 2.05) is 30.3 Å². The van der Waals surface area contributed by atoms with Gasteiger partial charge in [-0.05, 0) is 55.0 Å². The third-order valence-electron chi connectivity index (χ3n) is 3.84. The van der Waals surface area contributed by atoms with Crippen LogP contribution in [0.2, 0.25) is 5.02 Å². The quantitative estimate of drug-likeness (QED) is 0.587. The number of rotatable bonds is 6. The highest BCUT2D eigenvalue weighted by atomic mass is 35.5. The van der Waals surface area contributed by atoms with E-state index in [0.717, 1.165) is 22.6 Å². The Labute approximate surface area is 152 Å². The van der Waals surface area contributed by atoms with E-state index in [0.29, 0.717) is 18.2 Å². The second kappa shape index (κ2) is 8.04. The second-order valence-electron chi connectivity index (χ2n) is 5.89. The standard InChI is InChI=1S/C21H19ClFNO/c1-15-5-8-20(9-6-15)24-13-17-12-18(22)7-10-21(17)25-14-16-3-2-4-19(23)11-16/h2-12,24H,13-14H2,1H3. The molecule has 3 aromatic carbocycles. The number of aryl methyl sites for hydroxylation is 1. The van der Waals surface area contributed by atoms with Gasteiger partial charge in [0, 0.05) is 22.8 Å². The van der Waals surface area contributed by atoms with Crippen LogP contribution in [0.5, 0.6) is 5.75 Å². The average Bonchev–Trinajstić information content (AvgIpc) is 2.60. The molecule has 0 saturated carbocycles. The molecule has 0 aromatic heterocycles. The summed E-state index contributed by atoms with van der Waals surface area (Å²) >= 11 is 6.12. The van der Waals surface area contributed by atoms with Crippen LogP contribution >= 0.6 is 11.6 Å². The number of nitrogens with one attached hydrogen (secondary N) is 1. The maximum absolute atomic E-state index is 13.3. The maximum atomic E-state index is 13.3. The fourth-order valence-electron chi connectivity index (χ4n) is 2.48. The predicted molar refractivity (Wildman–Crippen MR) is 101 cm³/mol. The summed E-state index contributed by atoms with van der Waals surface area (Å²) in [7, 11) is 0. The van der Waals surface area contributed by atoms with E-state index < -0.39 is 0 Å². The van der Waals surface area contributed by atoms with Gasteiger partial charge in [0.15, 0.2) is 0 Å². The molecule has 0 spiro atoms. The van der Waals surface area contributed by atoms with Crippen LogP contribution in [0.1, 0.15) is 16.7 Å². The monoisotopic (exact) mass is 355 g/mol. The fourth-order valence-corrected chi connectivity index (χ4v) is 2.68. The molecule has 0 fully saturated rings. The van der Waals surface area contributed by atoms with Crippen molar-refractivity contribution >= 4 is 17.3 Å². The summed E-state index contributed by atoms with van der Waals surface area (Å²) in [4.78, 5) is 0. The molecule has 0 radical (unpaired) electrons. The first kappa shape index (κ1) is 17.3. The van der Waals surface area contributed by atoms with Gasteiger partial charge in [-0.3, -0.25) is 0 Å². The van der Waals surface area contributed by atoms with Crippen LogP contribution < -0.4 is 10.1 Å². The molecule has 0 aliphatic carbocycles. The van der Waals surface area contributed by atoms with Gasteiger partial charge in [0.05, 0.1) is 0 Å². The fraction of sp³-hybridized carbons (Fsp3) is 0.143. The molecule has 4 heteroatoms. The lowest BCUT2D eigenvalue weighted by Gasteiger charge is -2.14. The lowest BCUT2D eigenvalue weighted by atomic mass is 10.1. The Bertz CT molecular complexity index is 849. The zero-order valence-electron chi connectivity index (χ0n) is 13.9. The Morgan fingerprint density at radius 2 is 1.80 bits per heavy atom. The Morgan fingerprint density at radius 3 is 2.56 bits per heavy atom. The average molecular weight is 356 g/mol. The van der Waals surface area contributed by atoms with Gasteiger partial charge in [-0.2, -0.15) is 0 Å². The minimum Gasteiger partial charge on any atom is -0.489 e. The molecule has 3 rings (SSSR count). The van der Waals surface area contributed by atoms with Gasteiger partial charge in [-0.25, -0.2) is 4.39 Å². The first-order valence-electron chi connectivity index (χ1n) is 8.06. The molecule has 0 aliphatic rings. The SMILES string of the molecule is Cc1ccc(NCc2cc(Cl)ccc2OCc2cccc(F)c2)cc1. The van der Waals surface area contributed by atoms with Gasteiger partial charge in [0.25, 0.3) is 0 Å². The summed E-state index contributed by atoms with van der Waals surface area (Å²) in [5.74, 6) is 0.465. The number of hydrogen-bond acceptors (Lipinski definition) is 2. The minimum absolute atomic E-state index is 0.265. The maximum Gasteiger partial charge on any atom is 0.124 e. The molecule has 0 aliphatic heterocycles. The zero-order valence-corrected chi connectivity index (χ0v) is 14.7. The lowest BCUT2D eigenvalue weighted by Crippen LogP contribution is -2.04. The molecular weight excluding hydrogens is 337 g/mol. The Hall–Kier alpha value is -2.52. The summed E-state index contributed by atoms with van der Waals surface area (Å²) in [5, 5.41) is 4.02. The number of anilines is 1. The summed E-state index contributed by atoms with van der Waals surface area (Å²) in [6.45, 7) is 2.94. The normalized spacial score (nSPS) is 10.5. The number of benzene rings is 3. The Kier molecular flexibility index (Phi) is 5.56. The Morgan fingerprint density at radius 1 is 1.00 bits per heavy atom. The molecule has 0 heterocycles. The molecule has 0 unspecified atom stereocenters. The molecule has 128 valence electrons. The summed E-state index contributed by atoms with van der Waals surface area (Å²) in [6.07, 6.45) is 0. The van der Waals surface area contributed by atoms with E-state index in [1.165, 1.54) is 17.7 Å². The third-order valence-corrected chi connectivity index (χ3v) is 4.08. The van der Waals surface area contributed by atoms with Crippen molar-refractivity contribution < 1.29 is 9.13 Å². The van der Waals surface area contributed by atoms with Crippen LogP contribution in [0.25, 0.3) is 0 Å². The van der Waals surface area contributed by atoms with Crippen molar-refractivity contribution in [1.82, 2.24) is 0 Å². The first-order valence-corrected chi connectivity index (χ1v) is 8.44.